The number of hydrogen-bond donors (Lipinski definition) is 0. The number of allylic oxidation sites excluding steroid dienone is 2. The Kier molecular flexibility index (Phi) is 6.20. The Morgan fingerprint density at radius 3 is 1.32 bits per heavy atom. The zero-order valence-electron chi connectivity index (χ0n) is 20.6. The van der Waals surface area contributed by atoms with Crippen molar-refractivity contribution in [1.29, 1.82) is 0 Å². The van der Waals surface area contributed by atoms with Crippen LogP contribution in [0.3, 0.4) is 0 Å². The van der Waals surface area contributed by atoms with Crippen molar-refractivity contribution in [2.75, 3.05) is 0 Å². The third-order valence-electron chi connectivity index (χ3n) is 7.42. The molecule has 2 aliphatic rings. The summed E-state index contributed by atoms with van der Waals surface area (Å²) < 4.78 is 46.1. The van der Waals surface area contributed by atoms with Gasteiger partial charge in [0, 0.05) is 0 Å². The van der Waals surface area contributed by atoms with E-state index in [-0.39, 0.29) is 23.3 Å². The Bertz CT molecular complexity index is 1440. The third-order valence-corrected chi connectivity index (χ3v) is 16.5. The van der Waals surface area contributed by atoms with Crippen LogP contribution in [0.1, 0.15) is 47.9 Å². The molecule has 6 rings (SSSR count). The van der Waals surface area contributed by atoms with Gasteiger partial charge >= 0.3 is 222 Å². The van der Waals surface area contributed by atoms with Gasteiger partial charge in [0.05, 0.1) is 0 Å². The molecule has 4 aromatic rings. The van der Waals surface area contributed by atoms with Gasteiger partial charge in [-0.1, -0.05) is 0 Å². The summed E-state index contributed by atoms with van der Waals surface area (Å²) in [6.45, 7) is 4.26. The summed E-state index contributed by atoms with van der Waals surface area (Å²) in [6, 6.07) is 29.2. The standard InChI is InChI=1S/2C10H9.2C6H5FO.Zr/c2*1-8-6-7-9-4-2-3-5-10(8)9;2*7-5-3-1-2-4-6(5)8;/h2*2-5,7-8H,1H3;2*1-4,8H;/q;;;;+2/p-2. The summed E-state index contributed by atoms with van der Waals surface area (Å²) in [5.41, 5.74) is 4.50. The molecule has 184 valence electrons. The fraction of sp³-hybridized carbons (Fsp3) is 0.125. The monoisotopic (exact) mass is 570 g/mol. The second-order valence-corrected chi connectivity index (χ2v) is 16.5. The van der Waals surface area contributed by atoms with Gasteiger partial charge in [-0.15, -0.1) is 0 Å². The summed E-state index contributed by atoms with van der Waals surface area (Å²) >= 11 is -4.85. The molecule has 0 spiro atoms. The van der Waals surface area contributed by atoms with E-state index >= 15 is 8.78 Å². The molecule has 0 bridgehead atoms. The molecular weight excluding hydrogens is 546 g/mol. The third kappa shape index (κ3) is 4.10. The zero-order chi connectivity index (χ0) is 25.6. The van der Waals surface area contributed by atoms with Crippen LogP contribution in [0.25, 0.3) is 12.2 Å². The van der Waals surface area contributed by atoms with Gasteiger partial charge in [0.2, 0.25) is 0 Å². The maximum atomic E-state index is 15.2. The molecule has 0 saturated carbocycles. The van der Waals surface area contributed by atoms with Crippen molar-refractivity contribution >= 4 is 12.2 Å². The van der Waals surface area contributed by atoms with Gasteiger partial charge in [-0.05, 0) is 0 Å². The molecule has 2 unspecified atom stereocenters. The SMILES string of the molecule is CC1[C]([Zr]([O]c2ccccc2F)([O]c2ccccc2F)[C]2=Cc3ccccc3C2C)=Cc2ccccc21. The number of hydrogen-bond acceptors (Lipinski definition) is 2. The molecule has 0 radical (unpaired) electrons. The Morgan fingerprint density at radius 1 is 0.541 bits per heavy atom. The molecule has 0 saturated heterocycles. The second-order valence-electron chi connectivity index (χ2n) is 9.58. The number of rotatable bonds is 6. The van der Waals surface area contributed by atoms with E-state index in [4.69, 9.17) is 5.63 Å². The Labute approximate surface area is 221 Å². The molecule has 2 atom stereocenters. The average Bonchev–Trinajstić information content (AvgIpc) is 3.44. The van der Waals surface area contributed by atoms with E-state index in [1.807, 2.05) is 24.3 Å². The summed E-state index contributed by atoms with van der Waals surface area (Å²) in [5, 5.41) is 0. The first-order valence-electron chi connectivity index (χ1n) is 12.5. The summed E-state index contributed by atoms with van der Waals surface area (Å²) in [7, 11) is 0. The van der Waals surface area contributed by atoms with Crippen LogP contribution in [0.4, 0.5) is 8.78 Å². The molecular formula is C32H26F2O2Zr. The summed E-state index contributed by atoms with van der Waals surface area (Å²) in [5.74, 6) is -0.725. The predicted octanol–water partition coefficient (Wildman–Crippen LogP) is 8.72. The van der Waals surface area contributed by atoms with Crippen molar-refractivity contribution in [3.05, 3.63) is 138 Å². The Morgan fingerprint density at radius 2 is 0.919 bits per heavy atom. The molecule has 5 heteroatoms. The van der Waals surface area contributed by atoms with Gasteiger partial charge in [-0.3, -0.25) is 0 Å². The first-order chi connectivity index (χ1) is 18.0. The fourth-order valence-corrected chi connectivity index (χ4v) is 15.2. The zero-order valence-corrected chi connectivity index (χ0v) is 23.1. The number of para-hydroxylation sites is 2. The van der Waals surface area contributed by atoms with Crippen LogP contribution < -0.4 is 5.63 Å². The summed E-state index contributed by atoms with van der Waals surface area (Å²) in [4.78, 5) is 0. The molecule has 0 amide bonds. The first-order valence-corrected chi connectivity index (χ1v) is 16.9. The van der Waals surface area contributed by atoms with E-state index in [0.29, 0.717) is 0 Å². The predicted molar refractivity (Wildman–Crippen MR) is 140 cm³/mol. The van der Waals surface area contributed by atoms with Gasteiger partial charge < -0.3 is 0 Å². The topological polar surface area (TPSA) is 18.5 Å². The van der Waals surface area contributed by atoms with Crippen molar-refractivity contribution in [1.82, 2.24) is 0 Å². The second kappa shape index (κ2) is 9.54. The van der Waals surface area contributed by atoms with Crippen molar-refractivity contribution in [3.63, 3.8) is 0 Å². The van der Waals surface area contributed by atoms with Crippen LogP contribution in [0.15, 0.2) is 104 Å². The molecule has 37 heavy (non-hydrogen) atoms. The molecule has 2 aliphatic carbocycles. The van der Waals surface area contributed by atoms with Crippen LogP contribution in [-0.2, 0) is 21.1 Å². The van der Waals surface area contributed by atoms with E-state index in [1.54, 1.807) is 36.4 Å². The van der Waals surface area contributed by atoms with Crippen LogP contribution in [0.5, 0.6) is 11.5 Å². The van der Waals surface area contributed by atoms with Crippen molar-refractivity contribution < 1.29 is 35.6 Å². The molecule has 0 fully saturated rings. The number of fused-ring (bicyclic) bond motifs is 2. The maximum absolute atomic E-state index is 15.2. The van der Waals surface area contributed by atoms with E-state index < -0.39 is 32.8 Å². The van der Waals surface area contributed by atoms with Crippen molar-refractivity contribution in [2.45, 2.75) is 25.7 Å². The molecule has 0 aromatic heterocycles. The Balaban J connectivity index is 1.62. The quantitative estimate of drug-likeness (QED) is 0.230. The van der Waals surface area contributed by atoms with Gasteiger partial charge in [-0.2, -0.15) is 0 Å². The number of benzene rings is 4. The van der Waals surface area contributed by atoms with Gasteiger partial charge in [0.15, 0.2) is 0 Å². The van der Waals surface area contributed by atoms with E-state index in [1.165, 1.54) is 12.1 Å². The van der Waals surface area contributed by atoms with Gasteiger partial charge in [-0.25, -0.2) is 0 Å². The van der Waals surface area contributed by atoms with Crippen molar-refractivity contribution in [2.24, 2.45) is 0 Å². The number of halogens is 2. The van der Waals surface area contributed by atoms with Crippen LogP contribution >= 0.6 is 0 Å². The van der Waals surface area contributed by atoms with E-state index in [9.17, 15) is 0 Å². The Hall–Kier alpha value is -3.30. The fourth-order valence-electron chi connectivity index (χ4n) is 5.54. The first kappa shape index (κ1) is 24.1. The normalized spacial score (nSPS) is 18.1. The molecule has 0 heterocycles. The van der Waals surface area contributed by atoms with Crippen molar-refractivity contribution in [3.8, 4) is 11.5 Å². The van der Waals surface area contributed by atoms with E-state index in [0.717, 1.165) is 28.8 Å². The van der Waals surface area contributed by atoms with Crippen LogP contribution in [0.2, 0.25) is 0 Å². The van der Waals surface area contributed by atoms with Crippen LogP contribution in [0, 0.1) is 11.6 Å². The average molecular weight is 572 g/mol. The molecule has 0 N–H and O–H groups in total. The minimum absolute atomic E-state index is 0.0256. The van der Waals surface area contributed by atoms with Gasteiger partial charge in [0.1, 0.15) is 0 Å². The molecule has 4 aromatic carbocycles. The molecule has 0 aliphatic heterocycles. The summed E-state index contributed by atoms with van der Waals surface area (Å²) in [6.07, 6.45) is 4.27. The van der Waals surface area contributed by atoms with Crippen LogP contribution in [-0.4, -0.2) is 0 Å². The minimum atomic E-state index is -4.85. The molecule has 2 nitrogen and oxygen atoms in total. The van der Waals surface area contributed by atoms with E-state index in [2.05, 4.69) is 50.3 Å². The van der Waals surface area contributed by atoms with Gasteiger partial charge in [0.25, 0.3) is 0 Å².